The van der Waals surface area contributed by atoms with Crippen LogP contribution >= 0.6 is 0 Å². The van der Waals surface area contributed by atoms with Crippen molar-refractivity contribution >= 4 is 12.0 Å². The molecule has 0 saturated carbocycles. The quantitative estimate of drug-likeness (QED) is 0.560. The van der Waals surface area contributed by atoms with Crippen LogP contribution in [0.4, 0.5) is 4.79 Å². The van der Waals surface area contributed by atoms with Crippen molar-refractivity contribution in [1.82, 2.24) is 20.9 Å². The fourth-order valence-electron chi connectivity index (χ4n) is 2.58. The second kappa shape index (κ2) is 6.00. The SMILES string of the molecule is CCCC1(NC(=O)C2=CNCO2)CNCCN1C(=O)O. The molecule has 2 amide bonds. The molecule has 8 nitrogen and oxygen atoms in total. The second-order valence-corrected chi connectivity index (χ2v) is 4.85. The van der Waals surface area contributed by atoms with Crippen molar-refractivity contribution in [3.05, 3.63) is 12.0 Å². The number of carboxylic acid groups (broad SMARTS) is 1. The van der Waals surface area contributed by atoms with Gasteiger partial charge in [-0.1, -0.05) is 13.3 Å². The molecule has 2 heterocycles. The molecule has 1 atom stereocenters. The molecule has 112 valence electrons. The summed E-state index contributed by atoms with van der Waals surface area (Å²) in [6, 6.07) is 0. The summed E-state index contributed by atoms with van der Waals surface area (Å²) in [6.45, 7) is 3.52. The van der Waals surface area contributed by atoms with E-state index in [2.05, 4.69) is 16.0 Å². The van der Waals surface area contributed by atoms with Crippen molar-refractivity contribution in [1.29, 1.82) is 0 Å². The lowest BCUT2D eigenvalue weighted by Gasteiger charge is -2.46. The van der Waals surface area contributed by atoms with Gasteiger partial charge in [-0.05, 0) is 6.42 Å². The number of hydrogen-bond acceptors (Lipinski definition) is 5. The van der Waals surface area contributed by atoms with Crippen LogP contribution in [0.2, 0.25) is 0 Å². The molecule has 0 aromatic rings. The second-order valence-electron chi connectivity index (χ2n) is 4.85. The Labute approximate surface area is 117 Å². The zero-order valence-corrected chi connectivity index (χ0v) is 11.4. The average molecular weight is 284 g/mol. The van der Waals surface area contributed by atoms with E-state index >= 15 is 0 Å². The van der Waals surface area contributed by atoms with Crippen LogP contribution in [-0.2, 0) is 9.53 Å². The van der Waals surface area contributed by atoms with Gasteiger partial charge in [0.05, 0.1) is 0 Å². The van der Waals surface area contributed by atoms with Crippen molar-refractivity contribution in [2.24, 2.45) is 0 Å². The number of rotatable bonds is 4. The van der Waals surface area contributed by atoms with Crippen molar-refractivity contribution in [3.8, 4) is 0 Å². The van der Waals surface area contributed by atoms with Crippen LogP contribution in [0.15, 0.2) is 12.0 Å². The van der Waals surface area contributed by atoms with Gasteiger partial charge in [0, 0.05) is 25.8 Å². The number of carbonyl (C=O) groups excluding carboxylic acids is 1. The molecule has 0 radical (unpaired) electrons. The first kappa shape index (κ1) is 14.4. The lowest BCUT2D eigenvalue weighted by molar-refractivity contribution is -0.125. The van der Waals surface area contributed by atoms with E-state index in [0.717, 1.165) is 6.42 Å². The van der Waals surface area contributed by atoms with Crippen LogP contribution in [0.25, 0.3) is 0 Å². The predicted molar refractivity (Wildman–Crippen MR) is 70.6 cm³/mol. The van der Waals surface area contributed by atoms with Crippen LogP contribution in [0.5, 0.6) is 0 Å². The van der Waals surface area contributed by atoms with Crippen molar-refractivity contribution in [2.45, 2.75) is 25.4 Å². The molecule has 2 aliphatic heterocycles. The van der Waals surface area contributed by atoms with Gasteiger partial charge in [0.1, 0.15) is 5.66 Å². The minimum Gasteiger partial charge on any atom is -0.466 e. The maximum Gasteiger partial charge on any atom is 0.409 e. The van der Waals surface area contributed by atoms with E-state index in [9.17, 15) is 14.7 Å². The van der Waals surface area contributed by atoms with Crippen molar-refractivity contribution < 1.29 is 19.4 Å². The predicted octanol–water partition coefficient (Wildman–Crippen LogP) is -0.399. The van der Waals surface area contributed by atoms with E-state index in [0.29, 0.717) is 26.1 Å². The van der Waals surface area contributed by atoms with Crippen LogP contribution in [0, 0.1) is 0 Å². The van der Waals surface area contributed by atoms with Gasteiger partial charge in [0.15, 0.2) is 6.73 Å². The third-order valence-electron chi connectivity index (χ3n) is 3.45. The highest BCUT2D eigenvalue weighted by molar-refractivity contribution is 5.92. The van der Waals surface area contributed by atoms with Crippen LogP contribution in [0.1, 0.15) is 19.8 Å². The van der Waals surface area contributed by atoms with E-state index < -0.39 is 17.7 Å². The molecule has 1 unspecified atom stereocenters. The lowest BCUT2D eigenvalue weighted by Crippen LogP contribution is -2.70. The zero-order valence-electron chi connectivity index (χ0n) is 11.4. The summed E-state index contributed by atoms with van der Waals surface area (Å²) in [5, 5.41) is 18.1. The minimum absolute atomic E-state index is 0.177. The average Bonchev–Trinajstić information content (AvgIpc) is 2.93. The molecule has 4 N–H and O–H groups in total. The fourth-order valence-corrected chi connectivity index (χ4v) is 2.58. The fraction of sp³-hybridized carbons (Fsp3) is 0.667. The highest BCUT2D eigenvalue weighted by Crippen LogP contribution is 2.22. The zero-order chi connectivity index (χ0) is 14.6. The van der Waals surface area contributed by atoms with Crippen LogP contribution in [-0.4, -0.2) is 54.0 Å². The molecule has 0 aromatic heterocycles. The normalized spacial score (nSPS) is 25.4. The Kier molecular flexibility index (Phi) is 4.33. The molecule has 0 aliphatic carbocycles. The highest BCUT2D eigenvalue weighted by Gasteiger charge is 2.43. The number of nitrogens with one attached hydrogen (secondary N) is 3. The number of nitrogens with zero attached hydrogens (tertiary/aromatic N) is 1. The van der Waals surface area contributed by atoms with Gasteiger partial charge in [-0.3, -0.25) is 9.69 Å². The first-order chi connectivity index (χ1) is 9.59. The Bertz CT molecular complexity index is 422. The Balaban J connectivity index is 2.18. The monoisotopic (exact) mass is 284 g/mol. The number of piperazine rings is 1. The van der Waals surface area contributed by atoms with Gasteiger partial charge >= 0.3 is 6.09 Å². The Hall–Kier alpha value is -1.96. The van der Waals surface area contributed by atoms with Gasteiger partial charge < -0.3 is 25.8 Å². The number of carbonyl (C=O) groups is 2. The summed E-state index contributed by atoms with van der Waals surface area (Å²) < 4.78 is 5.13. The van der Waals surface area contributed by atoms with Crippen LogP contribution < -0.4 is 16.0 Å². The van der Waals surface area contributed by atoms with E-state index in [-0.39, 0.29) is 12.5 Å². The largest absolute Gasteiger partial charge is 0.466 e. The summed E-state index contributed by atoms with van der Waals surface area (Å²) in [7, 11) is 0. The number of ether oxygens (including phenoxy) is 1. The number of amides is 2. The van der Waals surface area contributed by atoms with Gasteiger partial charge in [-0.25, -0.2) is 4.79 Å². The molecule has 20 heavy (non-hydrogen) atoms. The smallest absolute Gasteiger partial charge is 0.409 e. The van der Waals surface area contributed by atoms with Crippen LogP contribution in [0.3, 0.4) is 0 Å². The molecule has 2 aliphatic rings. The summed E-state index contributed by atoms with van der Waals surface area (Å²) in [5.74, 6) is -0.227. The van der Waals surface area contributed by atoms with E-state index in [1.54, 1.807) is 0 Å². The van der Waals surface area contributed by atoms with Crippen molar-refractivity contribution in [2.75, 3.05) is 26.4 Å². The van der Waals surface area contributed by atoms with Gasteiger partial charge in [0.2, 0.25) is 5.76 Å². The molecule has 8 heteroatoms. The summed E-state index contributed by atoms with van der Waals surface area (Å²) >= 11 is 0. The summed E-state index contributed by atoms with van der Waals surface area (Å²) in [4.78, 5) is 24.9. The lowest BCUT2D eigenvalue weighted by atomic mass is 9.99. The molecule has 0 spiro atoms. The van der Waals surface area contributed by atoms with Crippen molar-refractivity contribution in [3.63, 3.8) is 0 Å². The standard InChI is InChI=1S/C12H20N4O4/c1-2-3-12(7-13-4-5-16(12)11(18)19)15-10(17)9-6-14-8-20-9/h6,13-14H,2-5,7-8H2,1H3,(H,15,17)(H,18,19). The third kappa shape index (κ3) is 2.79. The minimum atomic E-state index is -1.03. The highest BCUT2D eigenvalue weighted by atomic mass is 16.5. The van der Waals surface area contributed by atoms with Gasteiger partial charge in [-0.2, -0.15) is 0 Å². The molecular weight excluding hydrogens is 264 g/mol. The van der Waals surface area contributed by atoms with Gasteiger partial charge in [0.25, 0.3) is 5.91 Å². The maximum absolute atomic E-state index is 12.2. The third-order valence-corrected chi connectivity index (χ3v) is 3.45. The summed E-state index contributed by atoms with van der Waals surface area (Å²) in [5.41, 5.74) is -0.928. The molecule has 2 rings (SSSR count). The molecule has 0 bridgehead atoms. The van der Waals surface area contributed by atoms with E-state index in [1.165, 1.54) is 11.1 Å². The first-order valence-electron chi connectivity index (χ1n) is 6.69. The van der Waals surface area contributed by atoms with E-state index in [4.69, 9.17) is 4.74 Å². The van der Waals surface area contributed by atoms with E-state index in [1.807, 2.05) is 6.92 Å². The Morgan fingerprint density at radius 2 is 2.40 bits per heavy atom. The number of hydrogen-bond donors (Lipinski definition) is 4. The molecule has 0 aromatic carbocycles. The topological polar surface area (TPSA) is 103 Å². The molecular formula is C12H20N4O4. The first-order valence-corrected chi connectivity index (χ1v) is 6.69. The molecule has 1 fully saturated rings. The summed E-state index contributed by atoms with van der Waals surface area (Å²) in [6.07, 6.45) is 1.75. The Morgan fingerprint density at radius 1 is 1.60 bits per heavy atom. The Morgan fingerprint density at radius 3 is 3.00 bits per heavy atom. The van der Waals surface area contributed by atoms with Gasteiger partial charge in [-0.15, -0.1) is 0 Å². The maximum atomic E-state index is 12.2. The molecule has 1 saturated heterocycles.